The first-order valence-corrected chi connectivity index (χ1v) is 8.60. The lowest BCUT2D eigenvalue weighted by molar-refractivity contribution is -0.117. The molecule has 2 aromatic rings. The van der Waals surface area contributed by atoms with Crippen molar-refractivity contribution in [3.05, 3.63) is 54.1 Å². The van der Waals surface area contributed by atoms with Crippen molar-refractivity contribution in [3.8, 4) is 11.8 Å². The largest absolute Gasteiger partial charge is 0.495 e. The quantitative estimate of drug-likeness (QED) is 0.896. The fourth-order valence-electron chi connectivity index (χ4n) is 3.07. The molecule has 6 heteroatoms. The van der Waals surface area contributed by atoms with Crippen LogP contribution in [0.1, 0.15) is 5.56 Å². The van der Waals surface area contributed by atoms with Gasteiger partial charge in [0.15, 0.2) is 0 Å². The number of hydrogen-bond donors (Lipinski definition) is 1. The van der Waals surface area contributed by atoms with Crippen LogP contribution in [0, 0.1) is 11.3 Å². The Bertz CT molecular complexity index is 790. The van der Waals surface area contributed by atoms with Gasteiger partial charge in [-0.15, -0.1) is 0 Å². The predicted octanol–water partition coefficient (Wildman–Crippen LogP) is 2.33. The minimum Gasteiger partial charge on any atom is -0.495 e. The summed E-state index contributed by atoms with van der Waals surface area (Å²) in [5.74, 6) is 0.833. The van der Waals surface area contributed by atoms with Gasteiger partial charge in [-0.2, -0.15) is 5.26 Å². The van der Waals surface area contributed by atoms with Crippen LogP contribution >= 0.6 is 0 Å². The zero-order valence-corrected chi connectivity index (χ0v) is 14.8. The summed E-state index contributed by atoms with van der Waals surface area (Å²) in [6, 6.07) is 16.9. The lowest BCUT2D eigenvalue weighted by Crippen LogP contribution is -2.48. The van der Waals surface area contributed by atoms with Crippen molar-refractivity contribution in [1.29, 1.82) is 5.26 Å². The van der Waals surface area contributed by atoms with Crippen molar-refractivity contribution in [2.75, 3.05) is 50.1 Å². The topological polar surface area (TPSA) is 68.6 Å². The van der Waals surface area contributed by atoms with Gasteiger partial charge >= 0.3 is 0 Å². The molecule has 1 aliphatic rings. The number of anilines is 2. The second-order valence-corrected chi connectivity index (χ2v) is 6.17. The highest BCUT2D eigenvalue weighted by Crippen LogP contribution is 2.28. The molecule has 6 nitrogen and oxygen atoms in total. The average molecular weight is 350 g/mol. The van der Waals surface area contributed by atoms with E-state index in [-0.39, 0.29) is 5.91 Å². The van der Waals surface area contributed by atoms with E-state index in [1.807, 2.05) is 18.2 Å². The minimum atomic E-state index is -0.0413. The molecule has 0 radical (unpaired) electrons. The Balaban J connectivity index is 1.50. The van der Waals surface area contributed by atoms with E-state index in [4.69, 9.17) is 10.00 Å². The summed E-state index contributed by atoms with van der Waals surface area (Å²) in [6.07, 6.45) is 0. The number of carbonyl (C=O) groups excluding carboxylic acids is 1. The van der Waals surface area contributed by atoms with Crippen LogP contribution in [0.5, 0.6) is 5.75 Å². The number of methoxy groups -OCH3 is 1. The van der Waals surface area contributed by atoms with Gasteiger partial charge in [-0.25, -0.2) is 0 Å². The lowest BCUT2D eigenvalue weighted by atomic mass is 10.2. The standard InChI is InChI=1S/C20H22N4O2/c1-26-19-5-3-2-4-18(19)24-12-10-23(11-13-24)15-20(25)22-17-8-6-16(14-21)7-9-17/h2-9H,10-13,15H2,1H3,(H,22,25). The van der Waals surface area contributed by atoms with Gasteiger partial charge in [-0.05, 0) is 36.4 Å². The van der Waals surface area contributed by atoms with E-state index in [2.05, 4.69) is 27.3 Å². The van der Waals surface area contributed by atoms with Gasteiger partial charge in [0.05, 0.1) is 31.0 Å². The van der Waals surface area contributed by atoms with Crippen molar-refractivity contribution in [3.63, 3.8) is 0 Å². The van der Waals surface area contributed by atoms with Gasteiger partial charge < -0.3 is 15.0 Å². The number of ether oxygens (including phenoxy) is 1. The third-order valence-electron chi connectivity index (χ3n) is 4.46. The van der Waals surface area contributed by atoms with E-state index in [0.717, 1.165) is 37.6 Å². The number of benzene rings is 2. The Kier molecular flexibility index (Phi) is 5.72. The smallest absolute Gasteiger partial charge is 0.238 e. The summed E-state index contributed by atoms with van der Waals surface area (Å²) in [5, 5.41) is 11.7. The number of nitriles is 1. The highest BCUT2D eigenvalue weighted by molar-refractivity contribution is 5.92. The van der Waals surface area contributed by atoms with Gasteiger partial charge in [0.2, 0.25) is 5.91 Å². The lowest BCUT2D eigenvalue weighted by Gasteiger charge is -2.36. The molecule has 1 amide bonds. The molecule has 1 saturated heterocycles. The van der Waals surface area contributed by atoms with Crippen LogP contribution in [0.3, 0.4) is 0 Å². The van der Waals surface area contributed by atoms with Crippen molar-refractivity contribution in [2.24, 2.45) is 0 Å². The van der Waals surface area contributed by atoms with Crippen LogP contribution in [-0.4, -0.2) is 50.6 Å². The summed E-state index contributed by atoms with van der Waals surface area (Å²) < 4.78 is 5.43. The first-order valence-electron chi connectivity index (χ1n) is 8.60. The first kappa shape index (κ1) is 17.8. The third kappa shape index (κ3) is 4.32. The van der Waals surface area contributed by atoms with E-state index in [1.165, 1.54) is 0 Å². The predicted molar refractivity (Wildman–Crippen MR) is 101 cm³/mol. The van der Waals surface area contributed by atoms with Gasteiger partial charge in [-0.3, -0.25) is 9.69 Å². The maximum Gasteiger partial charge on any atom is 0.238 e. The first-order chi connectivity index (χ1) is 12.7. The van der Waals surface area contributed by atoms with Gasteiger partial charge in [-0.1, -0.05) is 12.1 Å². The molecule has 1 fully saturated rings. The molecule has 2 aromatic carbocycles. The molecule has 0 bridgehead atoms. The van der Waals surface area contributed by atoms with E-state index in [1.54, 1.807) is 31.4 Å². The molecule has 0 saturated carbocycles. The van der Waals surface area contributed by atoms with Crippen LogP contribution in [0.15, 0.2) is 48.5 Å². The number of piperazine rings is 1. The molecule has 26 heavy (non-hydrogen) atoms. The highest BCUT2D eigenvalue weighted by atomic mass is 16.5. The summed E-state index contributed by atoms with van der Waals surface area (Å²) in [5.41, 5.74) is 2.38. The Hall–Kier alpha value is -3.04. The fourth-order valence-corrected chi connectivity index (χ4v) is 3.07. The molecule has 134 valence electrons. The number of amides is 1. The van der Waals surface area contributed by atoms with Gasteiger partial charge in [0.25, 0.3) is 0 Å². The second kappa shape index (κ2) is 8.37. The van der Waals surface area contributed by atoms with E-state index in [9.17, 15) is 4.79 Å². The van der Waals surface area contributed by atoms with Crippen molar-refractivity contribution >= 4 is 17.3 Å². The number of nitrogens with zero attached hydrogens (tertiary/aromatic N) is 3. The Morgan fingerprint density at radius 2 is 1.81 bits per heavy atom. The molecule has 1 aliphatic heterocycles. The Morgan fingerprint density at radius 3 is 2.46 bits per heavy atom. The molecule has 1 heterocycles. The molecule has 0 spiro atoms. The molecular weight excluding hydrogens is 328 g/mol. The SMILES string of the molecule is COc1ccccc1N1CCN(CC(=O)Nc2ccc(C#N)cc2)CC1. The van der Waals surface area contributed by atoms with Crippen molar-refractivity contribution < 1.29 is 9.53 Å². The van der Waals surface area contributed by atoms with Crippen LogP contribution in [-0.2, 0) is 4.79 Å². The highest BCUT2D eigenvalue weighted by Gasteiger charge is 2.21. The van der Waals surface area contributed by atoms with Gasteiger partial charge in [0, 0.05) is 31.9 Å². The summed E-state index contributed by atoms with van der Waals surface area (Å²) >= 11 is 0. The maximum atomic E-state index is 12.2. The Morgan fingerprint density at radius 1 is 1.12 bits per heavy atom. The Labute approximate surface area is 153 Å². The molecule has 0 unspecified atom stereocenters. The number of nitrogens with one attached hydrogen (secondary N) is 1. The monoisotopic (exact) mass is 350 g/mol. The van der Waals surface area contributed by atoms with Crippen molar-refractivity contribution in [2.45, 2.75) is 0 Å². The number of hydrogen-bond acceptors (Lipinski definition) is 5. The van der Waals surface area contributed by atoms with Crippen LogP contribution < -0.4 is 15.0 Å². The molecule has 0 aromatic heterocycles. The van der Waals surface area contributed by atoms with Gasteiger partial charge in [0.1, 0.15) is 5.75 Å². The third-order valence-corrected chi connectivity index (χ3v) is 4.46. The number of rotatable bonds is 5. The van der Waals surface area contributed by atoms with E-state index >= 15 is 0 Å². The summed E-state index contributed by atoms with van der Waals surface area (Å²) in [6.45, 7) is 3.70. The van der Waals surface area contributed by atoms with E-state index < -0.39 is 0 Å². The zero-order valence-electron chi connectivity index (χ0n) is 14.8. The van der Waals surface area contributed by atoms with E-state index in [0.29, 0.717) is 17.8 Å². The summed E-state index contributed by atoms with van der Waals surface area (Å²) in [4.78, 5) is 16.7. The normalized spacial score (nSPS) is 14.5. The minimum absolute atomic E-state index is 0.0413. The average Bonchev–Trinajstić information content (AvgIpc) is 2.69. The van der Waals surface area contributed by atoms with Crippen molar-refractivity contribution in [1.82, 2.24) is 4.90 Å². The molecule has 3 rings (SSSR count). The second-order valence-electron chi connectivity index (χ2n) is 6.17. The molecule has 1 N–H and O–H groups in total. The zero-order chi connectivity index (χ0) is 18.4. The van der Waals surface area contributed by atoms with Crippen LogP contribution in [0.25, 0.3) is 0 Å². The fraction of sp³-hybridized carbons (Fsp3) is 0.300. The number of para-hydroxylation sites is 2. The maximum absolute atomic E-state index is 12.2. The van der Waals surface area contributed by atoms with Crippen LogP contribution in [0.2, 0.25) is 0 Å². The van der Waals surface area contributed by atoms with Crippen LogP contribution in [0.4, 0.5) is 11.4 Å². The molecule has 0 aliphatic carbocycles. The molecular formula is C20H22N4O2. The number of carbonyl (C=O) groups is 1. The molecule has 0 atom stereocenters. The summed E-state index contributed by atoms with van der Waals surface area (Å²) in [7, 11) is 1.68.